The van der Waals surface area contributed by atoms with Gasteiger partial charge >= 0.3 is 5.51 Å². The summed E-state index contributed by atoms with van der Waals surface area (Å²) in [4.78, 5) is 22.4. The van der Waals surface area contributed by atoms with Gasteiger partial charge in [-0.1, -0.05) is 30.3 Å². The van der Waals surface area contributed by atoms with Crippen LogP contribution in [0, 0.1) is 10.1 Å². The molecule has 2 aromatic rings. The number of thioether (sulfide) groups is 1. The van der Waals surface area contributed by atoms with Gasteiger partial charge in [-0.05, 0) is 29.5 Å². The Morgan fingerprint density at radius 1 is 1.04 bits per heavy atom. The van der Waals surface area contributed by atoms with Crippen molar-refractivity contribution in [3.63, 3.8) is 0 Å². The van der Waals surface area contributed by atoms with E-state index in [1.807, 2.05) is 0 Å². The third-order valence-electron chi connectivity index (χ3n) is 2.95. The van der Waals surface area contributed by atoms with Crippen molar-refractivity contribution in [2.75, 3.05) is 0 Å². The highest BCUT2D eigenvalue weighted by Gasteiger charge is 2.37. The lowest BCUT2D eigenvalue weighted by atomic mass is 10.0. The summed E-state index contributed by atoms with van der Waals surface area (Å²) in [7, 11) is 0. The molecule has 0 unspecified atom stereocenters. The predicted molar refractivity (Wildman–Crippen MR) is 80.3 cm³/mol. The quantitative estimate of drug-likeness (QED) is 0.446. The zero-order valence-corrected chi connectivity index (χ0v) is 12.3. The Morgan fingerprint density at radius 2 is 1.61 bits per heavy atom. The van der Waals surface area contributed by atoms with E-state index in [1.54, 1.807) is 18.2 Å². The van der Waals surface area contributed by atoms with Crippen LogP contribution in [0.4, 0.5) is 18.9 Å². The van der Waals surface area contributed by atoms with Crippen molar-refractivity contribution in [1.29, 1.82) is 0 Å². The predicted octanol–water partition coefficient (Wildman–Crippen LogP) is 4.77. The summed E-state index contributed by atoms with van der Waals surface area (Å²) in [5.74, 6) is -0.756. The molecule has 2 aromatic carbocycles. The number of nitro groups is 1. The summed E-state index contributed by atoms with van der Waals surface area (Å²) in [6.45, 7) is 0. The number of carbonyl (C=O) groups excluding carboxylic acids is 1. The van der Waals surface area contributed by atoms with Gasteiger partial charge in [0.05, 0.1) is 4.92 Å². The number of carbonyl (C=O) groups is 1. The van der Waals surface area contributed by atoms with Crippen LogP contribution >= 0.6 is 11.8 Å². The second-order valence-electron chi connectivity index (χ2n) is 4.52. The molecule has 2 rings (SSSR count). The topological polar surface area (TPSA) is 60.2 Å². The lowest BCUT2D eigenvalue weighted by Gasteiger charge is -2.17. The minimum atomic E-state index is -4.59. The van der Waals surface area contributed by atoms with Gasteiger partial charge in [0.2, 0.25) is 0 Å². The average Bonchev–Trinajstić information content (AvgIpc) is 2.52. The fourth-order valence-electron chi connectivity index (χ4n) is 1.93. The van der Waals surface area contributed by atoms with E-state index in [2.05, 4.69) is 0 Å². The molecule has 0 aliphatic rings. The van der Waals surface area contributed by atoms with Gasteiger partial charge in [0.1, 0.15) is 5.25 Å². The van der Waals surface area contributed by atoms with E-state index in [1.165, 1.54) is 12.1 Å². The summed E-state index contributed by atoms with van der Waals surface area (Å²) in [6.07, 6.45) is 0. The largest absolute Gasteiger partial charge is 0.442 e. The van der Waals surface area contributed by atoms with Gasteiger partial charge in [-0.3, -0.25) is 14.9 Å². The van der Waals surface area contributed by atoms with Crippen LogP contribution in [0.25, 0.3) is 0 Å². The van der Waals surface area contributed by atoms with Crippen LogP contribution in [-0.2, 0) is 0 Å². The maximum Gasteiger partial charge on any atom is 0.442 e. The van der Waals surface area contributed by atoms with Crippen LogP contribution in [0.5, 0.6) is 0 Å². The Kier molecular flexibility index (Phi) is 5.05. The molecule has 0 bridgehead atoms. The van der Waals surface area contributed by atoms with Gasteiger partial charge in [0, 0.05) is 17.7 Å². The Hall–Kier alpha value is -2.35. The van der Waals surface area contributed by atoms with Crippen LogP contribution < -0.4 is 0 Å². The van der Waals surface area contributed by atoms with Crippen LogP contribution in [-0.4, -0.2) is 16.2 Å². The van der Waals surface area contributed by atoms with Crippen molar-refractivity contribution in [2.24, 2.45) is 0 Å². The summed E-state index contributed by atoms with van der Waals surface area (Å²) < 4.78 is 38.3. The average molecular weight is 341 g/mol. The Bertz CT molecular complexity index is 702. The Morgan fingerprint density at radius 3 is 2.09 bits per heavy atom. The van der Waals surface area contributed by atoms with Crippen molar-refractivity contribution in [1.82, 2.24) is 0 Å². The first-order chi connectivity index (χ1) is 10.8. The third kappa shape index (κ3) is 4.56. The summed E-state index contributed by atoms with van der Waals surface area (Å²) in [5, 5.41) is 9.13. The number of nitrogens with zero attached hydrogens (tertiary/aromatic N) is 1. The minimum Gasteiger partial charge on any atom is -0.293 e. The number of alkyl halides is 3. The molecule has 0 saturated carbocycles. The lowest BCUT2D eigenvalue weighted by Crippen LogP contribution is -2.15. The molecule has 8 heteroatoms. The van der Waals surface area contributed by atoms with Gasteiger partial charge in [-0.15, -0.1) is 0 Å². The first kappa shape index (κ1) is 17.0. The molecule has 0 aliphatic carbocycles. The second kappa shape index (κ2) is 6.82. The smallest absolute Gasteiger partial charge is 0.293 e. The highest BCUT2D eigenvalue weighted by molar-refractivity contribution is 8.01. The zero-order valence-electron chi connectivity index (χ0n) is 11.5. The number of halogens is 3. The standard InChI is InChI=1S/C15H10F3NO3S/c16-15(17,18)23-14(11-4-2-1-3-5-11)13(20)10-6-8-12(9-7-10)19(21)22/h1-9,14H/t14-/m1/s1. The molecular formula is C15H10F3NO3S. The van der Waals surface area contributed by atoms with Gasteiger partial charge in [-0.25, -0.2) is 0 Å². The zero-order chi connectivity index (χ0) is 17.0. The fraction of sp³-hybridized carbons (Fsp3) is 0.133. The third-order valence-corrected chi connectivity index (χ3v) is 3.94. The molecule has 0 fully saturated rings. The van der Waals surface area contributed by atoms with E-state index in [0.717, 1.165) is 24.3 Å². The van der Waals surface area contributed by atoms with Crippen molar-refractivity contribution in [2.45, 2.75) is 10.8 Å². The molecule has 0 radical (unpaired) electrons. The van der Waals surface area contributed by atoms with E-state index < -0.39 is 33.2 Å². The van der Waals surface area contributed by atoms with E-state index in [0.29, 0.717) is 0 Å². The molecule has 0 aliphatic heterocycles. The van der Waals surface area contributed by atoms with E-state index in [-0.39, 0.29) is 16.8 Å². The van der Waals surface area contributed by atoms with Gasteiger partial charge in [0.25, 0.3) is 5.69 Å². The number of Topliss-reactive ketones (excluding diaryl/α,β-unsaturated/α-hetero) is 1. The second-order valence-corrected chi connectivity index (χ2v) is 5.69. The van der Waals surface area contributed by atoms with Crippen molar-refractivity contribution in [3.8, 4) is 0 Å². The van der Waals surface area contributed by atoms with E-state index in [4.69, 9.17) is 0 Å². The number of hydrogen-bond donors (Lipinski definition) is 0. The molecule has 0 amide bonds. The summed E-state index contributed by atoms with van der Waals surface area (Å²) in [6, 6.07) is 12.1. The van der Waals surface area contributed by atoms with Crippen molar-refractivity contribution < 1.29 is 22.9 Å². The highest BCUT2D eigenvalue weighted by atomic mass is 32.2. The SMILES string of the molecule is O=C(c1ccc([N+](=O)[O-])cc1)[C@H](SC(F)(F)F)c1ccccc1. The Balaban J connectivity index is 2.34. The van der Waals surface area contributed by atoms with Crippen molar-refractivity contribution in [3.05, 3.63) is 75.8 Å². The van der Waals surface area contributed by atoms with Crippen LogP contribution in [0.2, 0.25) is 0 Å². The van der Waals surface area contributed by atoms with Crippen LogP contribution in [0.3, 0.4) is 0 Å². The van der Waals surface area contributed by atoms with Gasteiger partial charge < -0.3 is 0 Å². The molecule has 0 saturated heterocycles. The number of ketones is 1. The molecule has 0 spiro atoms. The number of nitro benzene ring substituents is 1. The molecule has 4 nitrogen and oxygen atoms in total. The minimum absolute atomic E-state index is 0.0128. The summed E-state index contributed by atoms with van der Waals surface area (Å²) >= 11 is -0.415. The van der Waals surface area contributed by atoms with Gasteiger partial charge in [0.15, 0.2) is 5.78 Å². The van der Waals surface area contributed by atoms with E-state index in [9.17, 15) is 28.1 Å². The molecule has 120 valence electrons. The first-order valence-corrected chi connectivity index (χ1v) is 7.24. The number of benzene rings is 2. The normalized spacial score (nSPS) is 12.7. The molecule has 1 atom stereocenters. The molecular weight excluding hydrogens is 331 g/mol. The highest BCUT2D eigenvalue weighted by Crippen LogP contribution is 2.43. The molecule has 0 heterocycles. The summed E-state index contributed by atoms with van der Waals surface area (Å²) in [5.41, 5.74) is -4.61. The van der Waals surface area contributed by atoms with E-state index >= 15 is 0 Å². The van der Waals surface area contributed by atoms with Crippen molar-refractivity contribution >= 4 is 23.2 Å². The molecule has 0 aromatic heterocycles. The molecule has 0 N–H and O–H groups in total. The van der Waals surface area contributed by atoms with Gasteiger partial charge in [-0.2, -0.15) is 13.2 Å². The number of hydrogen-bond acceptors (Lipinski definition) is 4. The maximum absolute atomic E-state index is 12.8. The number of non-ortho nitro benzene ring substituents is 1. The maximum atomic E-state index is 12.8. The van der Waals surface area contributed by atoms with Crippen LogP contribution in [0.15, 0.2) is 54.6 Å². The first-order valence-electron chi connectivity index (χ1n) is 6.36. The Labute approximate surface area is 133 Å². The monoisotopic (exact) mass is 341 g/mol. The molecule has 23 heavy (non-hydrogen) atoms. The fourth-order valence-corrected chi connectivity index (χ4v) is 2.74. The van der Waals surface area contributed by atoms with Crippen LogP contribution in [0.1, 0.15) is 21.2 Å². The number of rotatable bonds is 5. The lowest BCUT2D eigenvalue weighted by molar-refractivity contribution is -0.384.